The molecule has 142 valence electrons. The van der Waals surface area contributed by atoms with Crippen LogP contribution in [0.15, 0.2) is 70.2 Å². The Kier molecular flexibility index (Phi) is 5.27. The Balaban J connectivity index is 1.52. The van der Waals surface area contributed by atoms with Crippen molar-refractivity contribution >= 4 is 34.7 Å². The summed E-state index contributed by atoms with van der Waals surface area (Å²) in [5.74, 6) is -0.0900. The standard InChI is InChI=1S/C19H17N5O2S2/c1-13(17(25)20-12-15-8-5-11-27-15)28-19-22-21-16-18(26)23(9-10-24(16)19)14-6-3-2-4-7-14/h2-11,13H,12H2,1H3,(H,20,25). The summed E-state index contributed by atoms with van der Waals surface area (Å²) in [7, 11) is 0. The number of carbonyl (C=O) groups excluding carboxylic acids is 1. The normalized spacial score (nSPS) is 12.2. The number of benzene rings is 1. The van der Waals surface area contributed by atoms with Crippen molar-refractivity contribution in [3.8, 4) is 5.69 Å². The van der Waals surface area contributed by atoms with E-state index in [9.17, 15) is 9.59 Å². The second kappa shape index (κ2) is 7.99. The third kappa shape index (κ3) is 3.71. The zero-order valence-corrected chi connectivity index (χ0v) is 16.6. The number of amides is 1. The quantitative estimate of drug-likeness (QED) is 0.494. The molecule has 1 amide bonds. The molecule has 1 aromatic carbocycles. The van der Waals surface area contributed by atoms with Crippen molar-refractivity contribution in [3.05, 3.63) is 75.5 Å². The lowest BCUT2D eigenvalue weighted by atomic mass is 10.3. The molecule has 0 aliphatic carbocycles. The van der Waals surface area contributed by atoms with Gasteiger partial charge < -0.3 is 5.32 Å². The van der Waals surface area contributed by atoms with E-state index in [0.29, 0.717) is 11.7 Å². The maximum atomic E-state index is 12.7. The lowest BCUT2D eigenvalue weighted by Crippen LogP contribution is -2.30. The summed E-state index contributed by atoms with van der Waals surface area (Å²) in [6.45, 7) is 2.31. The molecule has 1 N–H and O–H groups in total. The van der Waals surface area contributed by atoms with Gasteiger partial charge in [0, 0.05) is 23.0 Å². The van der Waals surface area contributed by atoms with Crippen LogP contribution >= 0.6 is 23.1 Å². The topological polar surface area (TPSA) is 81.3 Å². The Morgan fingerprint density at radius 3 is 2.75 bits per heavy atom. The summed E-state index contributed by atoms with van der Waals surface area (Å²) in [4.78, 5) is 26.2. The molecule has 4 rings (SSSR count). The van der Waals surface area contributed by atoms with E-state index in [-0.39, 0.29) is 22.4 Å². The van der Waals surface area contributed by atoms with E-state index in [1.54, 1.807) is 35.1 Å². The van der Waals surface area contributed by atoms with Crippen molar-refractivity contribution in [1.29, 1.82) is 0 Å². The van der Waals surface area contributed by atoms with E-state index < -0.39 is 0 Å². The van der Waals surface area contributed by atoms with Crippen molar-refractivity contribution in [2.24, 2.45) is 0 Å². The Labute approximate surface area is 169 Å². The number of rotatable bonds is 6. The first-order valence-electron chi connectivity index (χ1n) is 8.62. The van der Waals surface area contributed by atoms with Gasteiger partial charge in [-0.1, -0.05) is 36.0 Å². The van der Waals surface area contributed by atoms with E-state index in [4.69, 9.17) is 0 Å². The first-order valence-corrected chi connectivity index (χ1v) is 10.4. The molecule has 0 spiro atoms. The fourth-order valence-electron chi connectivity index (χ4n) is 2.68. The highest BCUT2D eigenvalue weighted by Crippen LogP contribution is 2.21. The number of aromatic nitrogens is 4. The number of hydrogen-bond donors (Lipinski definition) is 1. The molecule has 3 aromatic heterocycles. The van der Waals surface area contributed by atoms with Crippen molar-refractivity contribution in [2.75, 3.05) is 0 Å². The molecule has 7 nitrogen and oxygen atoms in total. The average molecular weight is 412 g/mol. The molecule has 0 aliphatic heterocycles. The molecule has 28 heavy (non-hydrogen) atoms. The average Bonchev–Trinajstić information content (AvgIpc) is 3.37. The molecule has 1 unspecified atom stereocenters. The van der Waals surface area contributed by atoms with Crippen LogP contribution in [0, 0.1) is 0 Å². The second-order valence-corrected chi connectivity index (χ2v) is 8.38. The molecule has 0 radical (unpaired) electrons. The summed E-state index contributed by atoms with van der Waals surface area (Å²) < 4.78 is 3.14. The van der Waals surface area contributed by atoms with Crippen LogP contribution in [0.1, 0.15) is 11.8 Å². The summed E-state index contributed by atoms with van der Waals surface area (Å²) in [5.41, 5.74) is 0.719. The minimum atomic E-state index is -0.371. The molecule has 1 atom stereocenters. The summed E-state index contributed by atoms with van der Waals surface area (Å²) >= 11 is 2.87. The molecule has 3 heterocycles. The number of nitrogens with zero attached hydrogens (tertiary/aromatic N) is 4. The predicted octanol–water partition coefficient (Wildman–Crippen LogP) is 2.74. The van der Waals surface area contributed by atoms with E-state index in [0.717, 1.165) is 10.6 Å². The summed E-state index contributed by atoms with van der Waals surface area (Å²) in [6.07, 6.45) is 3.42. The van der Waals surface area contributed by atoms with Gasteiger partial charge in [0.25, 0.3) is 0 Å². The van der Waals surface area contributed by atoms with E-state index >= 15 is 0 Å². The van der Waals surface area contributed by atoms with E-state index in [2.05, 4.69) is 15.5 Å². The van der Waals surface area contributed by atoms with Crippen LogP contribution in [0.3, 0.4) is 0 Å². The van der Waals surface area contributed by atoms with Gasteiger partial charge in [0.05, 0.1) is 11.8 Å². The number of nitrogens with one attached hydrogen (secondary N) is 1. The Morgan fingerprint density at radius 2 is 2.00 bits per heavy atom. The van der Waals surface area contributed by atoms with Gasteiger partial charge in [-0.3, -0.25) is 18.6 Å². The molecular formula is C19H17N5O2S2. The molecule has 4 aromatic rings. The maximum Gasteiger partial charge on any atom is 0.300 e. The lowest BCUT2D eigenvalue weighted by Gasteiger charge is -2.10. The highest BCUT2D eigenvalue weighted by molar-refractivity contribution is 8.00. The van der Waals surface area contributed by atoms with Gasteiger partial charge in [-0.05, 0) is 30.5 Å². The van der Waals surface area contributed by atoms with Gasteiger partial charge in [0.15, 0.2) is 5.16 Å². The van der Waals surface area contributed by atoms with Crippen LogP contribution in [0.5, 0.6) is 0 Å². The monoisotopic (exact) mass is 411 g/mol. The molecule has 0 fully saturated rings. The smallest absolute Gasteiger partial charge is 0.300 e. The van der Waals surface area contributed by atoms with Gasteiger partial charge in [0.2, 0.25) is 11.6 Å². The van der Waals surface area contributed by atoms with Crippen LogP contribution in [-0.4, -0.2) is 30.3 Å². The molecule has 0 aliphatic rings. The lowest BCUT2D eigenvalue weighted by molar-refractivity contribution is -0.120. The van der Waals surface area contributed by atoms with Crippen molar-refractivity contribution in [1.82, 2.24) is 24.5 Å². The molecule has 0 bridgehead atoms. The Morgan fingerprint density at radius 1 is 1.18 bits per heavy atom. The number of carbonyl (C=O) groups is 1. The van der Waals surface area contributed by atoms with Crippen LogP contribution < -0.4 is 10.9 Å². The Bertz CT molecular complexity index is 1150. The van der Waals surface area contributed by atoms with Gasteiger partial charge >= 0.3 is 5.56 Å². The minimum Gasteiger partial charge on any atom is -0.350 e. The number of thioether (sulfide) groups is 1. The zero-order chi connectivity index (χ0) is 19.5. The number of fused-ring (bicyclic) bond motifs is 1. The SMILES string of the molecule is CC(Sc1nnc2c(=O)n(-c3ccccc3)ccn12)C(=O)NCc1cccs1. The van der Waals surface area contributed by atoms with Crippen molar-refractivity contribution in [2.45, 2.75) is 23.9 Å². The fraction of sp³-hybridized carbons (Fsp3) is 0.158. The van der Waals surface area contributed by atoms with Gasteiger partial charge in [0.1, 0.15) is 0 Å². The van der Waals surface area contributed by atoms with E-state index in [1.165, 1.54) is 16.3 Å². The molecule has 0 saturated heterocycles. The zero-order valence-electron chi connectivity index (χ0n) is 15.0. The van der Waals surface area contributed by atoms with Crippen LogP contribution in [0.25, 0.3) is 11.3 Å². The highest BCUT2D eigenvalue weighted by atomic mass is 32.2. The van der Waals surface area contributed by atoms with E-state index in [1.807, 2.05) is 47.8 Å². The van der Waals surface area contributed by atoms with Gasteiger partial charge in [-0.25, -0.2) is 0 Å². The first-order chi connectivity index (χ1) is 13.6. The second-order valence-electron chi connectivity index (χ2n) is 6.04. The fourth-order valence-corrected chi connectivity index (χ4v) is 4.18. The van der Waals surface area contributed by atoms with Crippen LogP contribution in [0.2, 0.25) is 0 Å². The number of hydrogen-bond acceptors (Lipinski definition) is 6. The predicted molar refractivity (Wildman–Crippen MR) is 110 cm³/mol. The van der Waals surface area contributed by atoms with Crippen molar-refractivity contribution in [3.63, 3.8) is 0 Å². The largest absolute Gasteiger partial charge is 0.350 e. The minimum absolute atomic E-state index is 0.0900. The Hall–Kier alpha value is -2.91. The molecule has 9 heteroatoms. The summed E-state index contributed by atoms with van der Waals surface area (Å²) in [6, 6.07) is 13.3. The highest BCUT2D eigenvalue weighted by Gasteiger charge is 2.19. The first kappa shape index (κ1) is 18.5. The van der Waals surface area contributed by atoms with Gasteiger partial charge in [-0.2, -0.15) is 0 Å². The van der Waals surface area contributed by atoms with Crippen LogP contribution in [0.4, 0.5) is 0 Å². The third-order valence-corrected chi connectivity index (χ3v) is 6.08. The summed E-state index contributed by atoms with van der Waals surface area (Å²) in [5, 5.41) is 13.2. The number of thiophene rings is 1. The number of para-hydroxylation sites is 1. The maximum absolute atomic E-state index is 12.7. The van der Waals surface area contributed by atoms with Gasteiger partial charge in [-0.15, -0.1) is 21.5 Å². The third-order valence-electron chi connectivity index (χ3n) is 4.14. The van der Waals surface area contributed by atoms with Crippen LogP contribution in [-0.2, 0) is 11.3 Å². The molecular weight excluding hydrogens is 394 g/mol. The van der Waals surface area contributed by atoms with Crippen molar-refractivity contribution < 1.29 is 4.79 Å². The molecule has 0 saturated carbocycles.